The second-order valence-corrected chi connectivity index (χ2v) is 6.16. The third-order valence-electron chi connectivity index (χ3n) is 3.73. The van der Waals surface area contributed by atoms with Gasteiger partial charge in [-0.2, -0.15) is 0 Å². The number of anilines is 1. The lowest BCUT2D eigenvalue weighted by Crippen LogP contribution is -2.36. The van der Waals surface area contributed by atoms with Crippen LogP contribution in [0.25, 0.3) is 0 Å². The summed E-state index contributed by atoms with van der Waals surface area (Å²) >= 11 is 1.64. The number of fused-ring (bicyclic) bond motifs is 1. The molecule has 0 spiro atoms. The first kappa shape index (κ1) is 14.2. The molecular weight excluding hydrogens is 289 g/mol. The van der Waals surface area contributed by atoms with Crippen LogP contribution in [0, 0.1) is 5.82 Å². The molecular formula is C16H16FNO2S. The maximum absolute atomic E-state index is 13.3. The number of nitrogens with zero attached hydrogens (tertiary/aromatic N) is 1. The molecule has 0 bridgehead atoms. The van der Waals surface area contributed by atoms with Gasteiger partial charge in [0.25, 0.3) is 0 Å². The van der Waals surface area contributed by atoms with E-state index in [-0.39, 0.29) is 11.7 Å². The summed E-state index contributed by atoms with van der Waals surface area (Å²) in [5.74, 6) is -0.371. The maximum atomic E-state index is 13.3. The third kappa shape index (κ3) is 2.99. The molecule has 0 aliphatic carbocycles. The van der Waals surface area contributed by atoms with E-state index in [1.54, 1.807) is 22.3 Å². The van der Waals surface area contributed by atoms with Crippen molar-refractivity contribution in [3.05, 3.63) is 52.0 Å². The number of aliphatic hydroxyl groups is 1. The minimum atomic E-state index is -0.697. The van der Waals surface area contributed by atoms with Crippen molar-refractivity contribution < 1.29 is 14.3 Å². The van der Waals surface area contributed by atoms with Gasteiger partial charge in [-0.1, -0.05) is 6.07 Å². The van der Waals surface area contributed by atoms with E-state index in [2.05, 4.69) is 0 Å². The van der Waals surface area contributed by atoms with Gasteiger partial charge in [-0.15, -0.1) is 11.3 Å². The molecule has 21 heavy (non-hydrogen) atoms. The first-order valence-corrected chi connectivity index (χ1v) is 7.83. The minimum absolute atomic E-state index is 0.0168. The molecule has 110 valence electrons. The fourth-order valence-corrected chi connectivity index (χ4v) is 3.35. The summed E-state index contributed by atoms with van der Waals surface area (Å²) in [6.07, 6.45) is 0.887. The average molecular weight is 305 g/mol. The van der Waals surface area contributed by atoms with Crippen LogP contribution in [0.2, 0.25) is 0 Å². The Morgan fingerprint density at radius 3 is 3.05 bits per heavy atom. The molecule has 0 radical (unpaired) electrons. The zero-order chi connectivity index (χ0) is 14.8. The first-order chi connectivity index (χ1) is 10.1. The topological polar surface area (TPSA) is 40.5 Å². The lowest BCUT2D eigenvalue weighted by molar-refractivity contribution is -0.118. The van der Waals surface area contributed by atoms with Gasteiger partial charge >= 0.3 is 0 Å². The number of carbonyl (C=O) groups excluding carboxylic acids is 1. The van der Waals surface area contributed by atoms with Gasteiger partial charge in [-0.25, -0.2) is 4.39 Å². The Kier molecular flexibility index (Phi) is 4.03. The number of hydrogen-bond donors (Lipinski definition) is 1. The second-order valence-electron chi connectivity index (χ2n) is 5.13. The summed E-state index contributed by atoms with van der Waals surface area (Å²) in [7, 11) is 0. The highest BCUT2D eigenvalue weighted by atomic mass is 32.1. The van der Waals surface area contributed by atoms with Gasteiger partial charge in [-0.3, -0.25) is 4.79 Å². The molecule has 5 heteroatoms. The van der Waals surface area contributed by atoms with Crippen molar-refractivity contribution in [2.24, 2.45) is 0 Å². The van der Waals surface area contributed by atoms with Crippen molar-refractivity contribution in [2.75, 3.05) is 11.4 Å². The summed E-state index contributed by atoms with van der Waals surface area (Å²) in [4.78, 5) is 15.2. The Bertz CT molecular complexity index is 642. The monoisotopic (exact) mass is 305 g/mol. The second kappa shape index (κ2) is 5.95. The molecule has 3 nitrogen and oxygen atoms in total. The zero-order valence-electron chi connectivity index (χ0n) is 11.5. The van der Waals surface area contributed by atoms with E-state index in [1.165, 1.54) is 17.0 Å². The van der Waals surface area contributed by atoms with Gasteiger partial charge < -0.3 is 10.0 Å². The summed E-state index contributed by atoms with van der Waals surface area (Å²) < 4.78 is 13.3. The van der Waals surface area contributed by atoms with E-state index in [0.717, 1.165) is 0 Å². The number of carbonyl (C=O) groups is 1. The smallest absolute Gasteiger partial charge is 0.227 e. The predicted octanol–water partition coefficient (Wildman–Crippen LogP) is 3.29. The van der Waals surface area contributed by atoms with E-state index >= 15 is 0 Å². The molecule has 1 aliphatic rings. The Hall–Kier alpha value is -1.72. The van der Waals surface area contributed by atoms with Crippen molar-refractivity contribution >= 4 is 22.9 Å². The highest BCUT2D eigenvalue weighted by molar-refractivity contribution is 7.09. The summed E-state index contributed by atoms with van der Waals surface area (Å²) in [5.41, 5.74) is 1.14. The molecule has 2 aromatic rings. The summed E-state index contributed by atoms with van der Waals surface area (Å²) in [6.45, 7) is 0.475. The molecule has 3 rings (SSSR count). The van der Waals surface area contributed by atoms with E-state index in [0.29, 0.717) is 37.1 Å². The van der Waals surface area contributed by atoms with Gasteiger partial charge in [0.1, 0.15) is 5.82 Å². The predicted molar refractivity (Wildman–Crippen MR) is 81.0 cm³/mol. The Morgan fingerprint density at radius 2 is 2.29 bits per heavy atom. The normalized spacial score (nSPS) is 17.6. The van der Waals surface area contributed by atoms with E-state index in [4.69, 9.17) is 0 Å². The van der Waals surface area contributed by atoms with Gasteiger partial charge in [0.15, 0.2) is 0 Å². The van der Waals surface area contributed by atoms with Crippen LogP contribution < -0.4 is 4.90 Å². The van der Waals surface area contributed by atoms with Crippen molar-refractivity contribution in [2.45, 2.75) is 25.4 Å². The number of benzene rings is 1. The lowest BCUT2D eigenvalue weighted by Gasteiger charge is -2.32. The van der Waals surface area contributed by atoms with Crippen LogP contribution in [0.4, 0.5) is 10.1 Å². The number of aliphatic hydroxyl groups excluding tert-OH is 1. The molecule has 2 heterocycles. The van der Waals surface area contributed by atoms with E-state index < -0.39 is 6.10 Å². The SMILES string of the molecule is O=C(CCc1cccs1)N1CCC(O)c2cc(F)ccc21. The fourth-order valence-electron chi connectivity index (χ4n) is 2.64. The lowest BCUT2D eigenvalue weighted by atomic mass is 9.98. The summed E-state index contributed by atoms with van der Waals surface area (Å²) in [5, 5.41) is 12.0. The van der Waals surface area contributed by atoms with E-state index in [1.807, 2.05) is 17.5 Å². The average Bonchev–Trinajstić information content (AvgIpc) is 2.99. The molecule has 1 amide bonds. The van der Waals surface area contributed by atoms with Crippen LogP contribution in [0.3, 0.4) is 0 Å². The van der Waals surface area contributed by atoms with Crippen LogP contribution in [0.15, 0.2) is 35.7 Å². The number of aryl methyl sites for hydroxylation is 1. The quantitative estimate of drug-likeness (QED) is 0.945. The van der Waals surface area contributed by atoms with Gasteiger partial charge in [0.05, 0.1) is 6.10 Å². The van der Waals surface area contributed by atoms with Crippen LogP contribution in [0.5, 0.6) is 0 Å². The van der Waals surface area contributed by atoms with Gasteiger partial charge in [0.2, 0.25) is 5.91 Å². The van der Waals surface area contributed by atoms with E-state index in [9.17, 15) is 14.3 Å². The van der Waals surface area contributed by atoms with Gasteiger partial charge in [0, 0.05) is 29.1 Å². The zero-order valence-corrected chi connectivity index (χ0v) is 12.3. The van der Waals surface area contributed by atoms with Crippen LogP contribution in [-0.2, 0) is 11.2 Å². The number of hydrogen-bond acceptors (Lipinski definition) is 3. The molecule has 1 aromatic heterocycles. The number of amides is 1. The van der Waals surface area contributed by atoms with Crippen LogP contribution in [0.1, 0.15) is 29.4 Å². The number of rotatable bonds is 3. The number of halogens is 1. The molecule has 1 atom stereocenters. The Balaban J connectivity index is 1.77. The molecule has 0 saturated heterocycles. The fraction of sp³-hybridized carbons (Fsp3) is 0.312. The standard InChI is InChI=1S/C16H16FNO2S/c17-11-3-5-14-13(10-11)15(19)7-8-18(14)16(20)6-4-12-2-1-9-21-12/h1-3,5,9-10,15,19H,4,6-8H2. The largest absolute Gasteiger partial charge is 0.388 e. The minimum Gasteiger partial charge on any atom is -0.388 e. The van der Waals surface area contributed by atoms with Crippen molar-refractivity contribution in [1.29, 1.82) is 0 Å². The molecule has 0 fully saturated rings. The first-order valence-electron chi connectivity index (χ1n) is 6.95. The number of thiophene rings is 1. The Morgan fingerprint density at radius 1 is 1.43 bits per heavy atom. The Labute approximate surface area is 126 Å². The van der Waals surface area contributed by atoms with Crippen molar-refractivity contribution in [3.63, 3.8) is 0 Å². The molecule has 1 N–H and O–H groups in total. The third-order valence-corrected chi connectivity index (χ3v) is 4.67. The van der Waals surface area contributed by atoms with Crippen molar-refractivity contribution in [1.82, 2.24) is 0 Å². The van der Waals surface area contributed by atoms with Crippen molar-refractivity contribution in [3.8, 4) is 0 Å². The molecule has 1 aromatic carbocycles. The highest BCUT2D eigenvalue weighted by Gasteiger charge is 2.27. The molecule has 1 unspecified atom stereocenters. The van der Waals surface area contributed by atoms with Crippen LogP contribution in [-0.4, -0.2) is 17.6 Å². The van der Waals surface area contributed by atoms with Crippen LogP contribution >= 0.6 is 11.3 Å². The van der Waals surface area contributed by atoms with Gasteiger partial charge in [-0.05, 0) is 42.5 Å². The molecule has 0 saturated carbocycles. The highest BCUT2D eigenvalue weighted by Crippen LogP contribution is 2.34. The molecule has 1 aliphatic heterocycles. The summed E-state index contributed by atoms with van der Waals surface area (Å²) in [6, 6.07) is 8.21. The maximum Gasteiger partial charge on any atom is 0.227 e.